The Balaban J connectivity index is 1.72. The fraction of sp³-hybridized carbons (Fsp3) is 0.735. The summed E-state index contributed by atoms with van der Waals surface area (Å²) in [7, 11) is 0. The lowest BCUT2D eigenvalue weighted by Gasteiger charge is -2.36. The Labute approximate surface area is 243 Å². The lowest BCUT2D eigenvalue weighted by atomic mass is 9.69. The zero-order valence-electron chi connectivity index (χ0n) is 26.6. The molecule has 0 radical (unpaired) electrons. The fourth-order valence-electron chi connectivity index (χ4n) is 6.46. The molecule has 1 aromatic rings. The van der Waals surface area contributed by atoms with Gasteiger partial charge in [0.25, 0.3) is 0 Å². The van der Waals surface area contributed by atoms with Crippen molar-refractivity contribution in [3.8, 4) is 0 Å². The van der Waals surface area contributed by atoms with Gasteiger partial charge in [0, 0.05) is 35.3 Å². The maximum absolute atomic E-state index is 13.3. The number of hydrogen-bond acceptors (Lipinski definition) is 3. The maximum Gasteiger partial charge on any atom is 0.227 e. The van der Waals surface area contributed by atoms with E-state index in [4.69, 9.17) is 0 Å². The average molecular weight is 554 g/mol. The second kappa shape index (κ2) is 12.7. The second-order valence-electron chi connectivity index (χ2n) is 15.9. The van der Waals surface area contributed by atoms with Gasteiger partial charge < -0.3 is 16.0 Å². The van der Waals surface area contributed by atoms with Gasteiger partial charge in [0.05, 0.1) is 0 Å². The summed E-state index contributed by atoms with van der Waals surface area (Å²) in [5, 5.41) is 9.19. The molecule has 3 N–H and O–H groups in total. The summed E-state index contributed by atoms with van der Waals surface area (Å²) in [6, 6.07) is 5.41. The molecule has 3 amide bonds. The van der Waals surface area contributed by atoms with E-state index in [1.54, 1.807) is 12.1 Å². The van der Waals surface area contributed by atoms with Crippen LogP contribution in [0.25, 0.3) is 0 Å². The zero-order valence-corrected chi connectivity index (χ0v) is 26.6. The first-order chi connectivity index (χ1) is 18.4. The lowest BCUT2D eigenvalue weighted by molar-refractivity contribution is -0.122. The predicted octanol–water partition coefficient (Wildman–Crippen LogP) is 8.64. The van der Waals surface area contributed by atoms with Gasteiger partial charge >= 0.3 is 0 Å². The Morgan fingerprint density at radius 2 is 0.900 bits per heavy atom. The molecule has 0 aromatic heterocycles. The van der Waals surface area contributed by atoms with E-state index in [1.165, 1.54) is 0 Å². The third kappa shape index (κ3) is 9.62. The summed E-state index contributed by atoms with van der Waals surface area (Å²) in [6.45, 7) is 19.8. The van der Waals surface area contributed by atoms with Crippen LogP contribution in [-0.2, 0) is 14.4 Å². The summed E-state index contributed by atoms with van der Waals surface area (Å²) >= 11 is 0. The van der Waals surface area contributed by atoms with Crippen molar-refractivity contribution in [2.75, 3.05) is 16.0 Å². The van der Waals surface area contributed by atoms with Crippen LogP contribution in [0.2, 0.25) is 0 Å². The normalized spacial score (nSPS) is 24.2. The third-order valence-electron chi connectivity index (χ3n) is 9.09. The van der Waals surface area contributed by atoms with Crippen LogP contribution in [0.15, 0.2) is 18.2 Å². The molecule has 0 spiro atoms. The number of rotatable bonds is 6. The molecule has 6 heteroatoms. The van der Waals surface area contributed by atoms with Crippen molar-refractivity contribution in [3.05, 3.63) is 18.2 Å². The molecular weight excluding hydrogens is 498 g/mol. The molecule has 0 heterocycles. The molecule has 0 aliphatic heterocycles. The van der Waals surface area contributed by atoms with Gasteiger partial charge in [-0.3, -0.25) is 14.4 Å². The molecule has 0 atom stereocenters. The van der Waals surface area contributed by atoms with E-state index in [9.17, 15) is 14.4 Å². The SMILES string of the molecule is CC(C)(C)CC(=O)Nc1cc(NC(=O)C2CCC(C(C)(C)C)CC2)cc(NC(=O)C2CCC(C(C)(C)C)CC2)c1. The Morgan fingerprint density at radius 1 is 0.575 bits per heavy atom. The highest BCUT2D eigenvalue weighted by molar-refractivity contribution is 5.99. The molecule has 40 heavy (non-hydrogen) atoms. The fourth-order valence-corrected chi connectivity index (χ4v) is 6.46. The van der Waals surface area contributed by atoms with Crippen molar-refractivity contribution in [3.63, 3.8) is 0 Å². The van der Waals surface area contributed by atoms with Gasteiger partial charge in [-0.25, -0.2) is 0 Å². The molecule has 224 valence electrons. The predicted molar refractivity (Wildman–Crippen MR) is 166 cm³/mol. The number of amides is 3. The van der Waals surface area contributed by atoms with Crippen molar-refractivity contribution in [1.82, 2.24) is 0 Å². The van der Waals surface area contributed by atoms with E-state index < -0.39 is 0 Å². The first-order valence-electron chi connectivity index (χ1n) is 15.5. The van der Waals surface area contributed by atoms with Crippen molar-refractivity contribution in [2.45, 2.75) is 120 Å². The summed E-state index contributed by atoms with van der Waals surface area (Å²) < 4.78 is 0. The first-order valence-corrected chi connectivity index (χ1v) is 15.5. The van der Waals surface area contributed by atoms with Crippen LogP contribution in [0.3, 0.4) is 0 Å². The number of benzene rings is 1. The molecule has 6 nitrogen and oxygen atoms in total. The molecule has 2 aliphatic rings. The quantitative estimate of drug-likeness (QED) is 0.329. The number of carbonyl (C=O) groups is 3. The number of nitrogens with one attached hydrogen (secondary N) is 3. The summed E-state index contributed by atoms with van der Waals surface area (Å²) in [5.74, 6) is 1.18. The van der Waals surface area contributed by atoms with E-state index in [1.807, 2.05) is 26.8 Å². The molecule has 2 saturated carbocycles. The standard InChI is InChI=1S/C34H55N3O3/c1-32(2,3)21-29(38)35-26-18-27(36-30(39)22-10-14-24(15-11-22)33(4,5)6)20-28(19-26)37-31(40)23-12-16-25(17-13-23)34(7,8)9/h18-20,22-25H,10-17,21H2,1-9H3,(H,35,38)(H,36,39)(H,37,40). The van der Waals surface area contributed by atoms with Crippen molar-refractivity contribution < 1.29 is 14.4 Å². The van der Waals surface area contributed by atoms with Gasteiger partial charge in [-0.05, 0) is 97.6 Å². The van der Waals surface area contributed by atoms with Crippen molar-refractivity contribution in [2.24, 2.45) is 39.9 Å². The molecule has 2 fully saturated rings. The maximum atomic E-state index is 13.3. The zero-order chi connectivity index (χ0) is 29.9. The topological polar surface area (TPSA) is 87.3 Å². The minimum absolute atomic E-state index is 0.0170. The van der Waals surface area contributed by atoms with E-state index in [0.717, 1.165) is 51.4 Å². The summed E-state index contributed by atoms with van der Waals surface area (Å²) in [4.78, 5) is 39.2. The van der Waals surface area contributed by atoms with E-state index >= 15 is 0 Å². The minimum atomic E-state index is -0.148. The number of anilines is 3. The van der Waals surface area contributed by atoms with Crippen molar-refractivity contribution in [1.29, 1.82) is 0 Å². The Morgan fingerprint density at radius 3 is 1.20 bits per heavy atom. The van der Waals surface area contributed by atoms with E-state index in [-0.39, 0.29) is 45.8 Å². The van der Waals surface area contributed by atoms with Gasteiger partial charge in [0.2, 0.25) is 17.7 Å². The molecule has 0 unspecified atom stereocenters. The van der Waals surface area contributed by atoms with Crippen LogP contribution in [0, 0.1) is 39.9 Å². The van der Waals surface area contributed by atoms with Gasteiger partial charge in [-0.1, -0.05) is 62.3 Å². The molecule has 0 bridgehead atoms. The average Bonchev–Trinajstić information content (AvgIpc) is 2.81. The largest absolute Gasteiger partial charge is 0.326 e. The van der Waals surface area contributed by atoms with Crippen molar-refractivity contribution >= 4 is 34.8 Å². The molecule has 2 aliphatic carbocycles. The lowest BCUT2D eigenvalue weighted by Crippen LogP contribution is -2.32. The number of carbonyl (C=O) groups excluding carboxylic acids is 3. The van der Waals surface area contributed by atoms with Gasteiger partial charge in [0.1, 0.15) is 0 Å². The summed E-state index contributed by atoms with van der Waals surface area (Å²) in [6.07, 6.45) is 8.15. The highest BCUT2D eigenvalue weighted by Crippen LogP contribution is 2.41. The third-order valence-corrected chi connectivity index (χ3v) is 9.09. The molecule has 1 aromatic carbocycles. The Kier molecular flexibility index (Phi) is 10.2. The van der Waals surface area contributed by atoms with Crippen LogP contribution in [0.4, 0.5) is 17.1 Å². The number of hydrogen-bond donors (Lipinski definition) is 3. The molecule has 0 saturated heterocycles. The van der Waals surface area contributed by atoms with Gasteiger partial charge in [0.15, 0.2) is 0 Å². The second-order valence-corrected chi connectivity index (χ2v) is 15.9. The first kappa shape index (κ1) is 32.1. The van der Waals surface area contributed by atoms with Crippen LogP contribution < -0.4 is 16.0 Å². The Hall–Kier alpha value is -2.37. The Bertz CT molecular complexity index is 975. The van der Waals surface area contributed by atoms with Crippen LogP contribution in [0.1, 0.15) is 120 Å². The molecule has 3 rings (SSSR count). The summed E-state index contributed by atoms with van der Waals surface area (Å²) in [5.41, 5.74) is 2.16. The van der Waals surface area contributed by atoms with Crippen LogP contribution in [-0.4, -0.2) is 17.7 Å². The van der Waals surface area contributed by atoms with Gasteiger partial charge in [-0.2, -0.15) is 0 Å². The van der Waals surface area contributed by atoms with E-state index in [2.05, 4.69) is 57.5 Å². The van der Waals surface area contributed by atoms with Crippen LogP contribution in [0.5, 0.6) is 0 Å². The van der Waals surface area contributed by atoms with Crippen LogP contribution >= 0.6 is 0 Å². The highest BCUT2D eigenvalue weighted by atomic mass is 16.2. The molecular formula is C34H55N3O3. The smallest absolute Gasteiger partial charge is 0.227 e. The monoisotopic (exact) mass is 553 g/mol. The minimum Gasteiger partial charge on any atom is -0.326 e. The highest BCUT2D eigenvalue weighted by Gasteiger charge is 2.34. The van der Waals surface area contributed by atoms with E-state index in [0.29, 0.717) is 35.3 Å². The van der Waals surface area contributed by atoms with Gasteiger partial charge in [-0.15, -0.1) is 0 Å².